The van der Waals surface area contributed by atoms with Gasteiger partial charge in [0.15, 0.2) is 17.0 Å². The van der Waals surface area contributed by atoms with Gasteiger partial charge >= 0.3 is 0 Å². The van der Waals surface area contributed by atoms with Crippen molar-refractivity contribution in [3.63, 3.8) is 0 Å². The summed E-state index contributed by atoms with van der Waals surface area (Å²) in [5.41, 5.74) is 2.58. The van der Waals surface area contributed by atoms with Crippen LogP contribution in [0.4, 0.5) is 11.4 Å². The van der Waals surface area contributed by atoms with Gasteiger partial charge in [0.05, 0.1) is 37.6 Å². The number of para-hydroxylation sites is 2. The maximum Gasteiger partial charge on any atom is 0.267 e. The van der Waals surface area contributed by atoms with Crippen molar-refractivity contribution in [1.82, 2.24) is 0 Å². The van der Waals surface area contributed by atoms with E-state index in [9.17, 15) is 4.79 Å². The predicted octanol–water partition coefficient (Wildman–Crippen LogP) is 3.54. The minimum Gasteiger partial charge on any atom is -0.493 e. The lowest BCUT2D eigenvalue weighted by Crippen LogP contribution is -2.31. The van der Waals surface area contributed by atoms with Crippen LogP contribution in [0.2, 0.25) is 0 Å². The summed E-state index contributed by atoms with van der Waals surface area (Å²) in [7, 11) is 4.70. The van der Waals surface area contributed by atoms with E-state index in [0.29, 0.717) is 22.2 Å². The molecule has 1 N–H and O–H groups in total. The number of carbonyl (C=O) groups excluding carboxylic acids is 1. The van der Waals surface area contributed by atoms with Crippen LogP contribution in [0.5, 0.6) is 17.2 Å². The molecule has 0 aromatic heterocycles. The molecule has 1 unspecified atom stereocenters. The van der Waals surface area contributed by atoms with Gasteiger partial charge < -0.3 is 19.5 Å². The lowest BCUT2D eigenvalue weighted by Gasteiger charge is -2.13. The van der Waals surface area contributed by atoms with Crippen LogP contribution in [0.25, 0.3) is 6.08 Å². The number of hydrogen-bond donors (Lipinski definition) is 1. The molecule has 1 atom stereocenters. The number of methoxy groups -OCH3 is 3. The molecule has 26 heavy (non-hydrogen) atoms. The molecule has 2 aliphatic heterocycles. The summed E-state index contributed by atoms with van der Waals surface area (Å²) in [4.78, 5) is 15.3. The highest BCUT2D eigenvalue weighted by atomic mass is 32.2. The summed E-state index contributed by atoms with van der Waals surface area (Å²) in [5, 5.41) is 3.36. The molecule has 2 aliphatic rings. The van der Waals surface area contributed by atoms with Gasteiger partial charge in [-0.25, -0.2) is 0 Å². The fourth-order valence-electron chi connectivity index (χ4n) is 3.15. The van der Waals surface area contributed by atoms with E-state index in [2.05, 4.69) is 5.32 Å². The molecule has 0 bridgehead atoms. The van der Waals surface area contributed by atoms with Gasteiger partial charge in [-0.2, -0.15) is 0 Å². The predicted molar refractivity (Wildman–Crippen MR) is 103 cm³/mol. The van der Waals surface area contributed by atoms with E-state index in [-0.39, 0.29) is 11.4 Å². The van der Waals surface area contributed by atoms with Crippen LogP contribution in [0.1, 0.15) is 5.56 Å². The van der Waals surface area contributed by atoms with Gasteiger partial charge in [0.1, 0.15) is 0 Å². The number of nitrogens with zero attached hydrogens (tertiary/aromatic N) is 1. The molecule has 1 saturated heterocycles. The summed E-state index contributed by atoms with van der Waals surface area (Å²) in [6.45, 7) is 0. The topological polar surface area (TPSA) is 60.0 Å². The smallest absolute Gasteiger partial charge is 0.267 e. The maximum atomic E-state index is 12.9. The Balaban J connectivity index is 1.70. The molecule has 0 saturated carbocycles. The highest BCUT2D eigenvalue weighted by Gasteiger charge is 2.42. The summed E-state index contributed by atoms with van der Waals surface area (Å²) in [5.74, 6) is 1.61. The molecule has 4 rings (SSSR count). The molecule has 0 spiro atoms. The van der Waals surface area contributed by atoms with Crippen LogP contribution in [0.15, 0.2) is 41.3 Å². The molecule has 2 aromatic rings. The quantitative estimate of drug-likeness (QED) is 0.831. The number of ether oxygens (including phenoxy) is 3. The van der Waals surface area contributed by atoms with E-state index >= 15 is 0 Å². The first-order valence-corrected chi connectivity index (χ1v) is 8.91. The molecule has 2 aromatic carbocycles. The summed E-state index contributed by atoms with van der Waals surface area (Å²) >= 11 is 1.49. The molecule has 2 heterocycles. The van der Waals surface area contributed by atoms with Crippen molar-refractivity contribution in [2.45, 2.75) is 5.50 Å². The first-order chi connectivity index (χ1) is 12.7. The van der Waals surface area contributed by atoms with E-state index in [1.807, 2.05) is 42.5 Å². The zero-order valence-electron chi connectivity index (χ0n) is 14.6. The molecule has 7 heteroatoms. The largest absolute Gasteiger partial charge is 0.493 e. The average molecular weight is 370 g/mol. The molecule has 0 radical (unpaired) electrons. The van der Waals surface area contributed by atoms with Crippen LogP contribution in [0.3, 0.4) is 0 Å². The number of rotatable bonds is 4. The first kappa shape index (κ1) is 16.7. The second kappa shape index (κ2) is 6.49. The van der Waals surface area contributed by atoms with Crippen molar-refractivity contribution in [1.29, 1.82) is 0 Å². The van der Waals surface area contributed by atoms with Crippen molar-refractivity contribution in [3.05, 3.63) is 46.9 Å². The number of fused-ring (bicyclic) bond motifs is 3. The van der Waals surface area contributed by atoms with Crippen LogP contribution < -0.4 is 24.4 Å². The normalized spacial score (nSPS) is 19.2. The van der Waals surface area contributed by atoms with Crippen LogP contribution >= 0.6 is 11.8 Å². The van der Waals surface area contributed by atoms with Crippen molar-refractivity contribution in [3.8, 4) is 17.2 Å². The maximum absolute atomic E-state index is 12.9. The Morgan fingerprint density at radius 3 is 2.42 bits per heavy atom. The summed E-state index contributed by atoms with van der Waals surface area (Å²) in [6.07, 6.45) is 1.85. The molecular weight excluding hydrogens is 352 g/mol. The summed E-state index contributed by atoms with van der Waals surface area (Å²) in [6, 6.07) is 11.5. The van der Waals surface area contributed by atoms with E-state index in [0.717, 1.165) is 16.9 Å². The number of anilines is 2. The Bertz CT molecular complexity index is 887. The standard InChI is InChI=1S/C19H18N2O4S/c1-23-14-8-11(9-15(24-2)17(14)25-3)10-16-18(22)21-13-7-5-4-6-12(13)20-19(21)26-16/h4-10,19-20H,1-3H3. The Hall–Kier alpha value is -2.80. The zero-order chi connectivity index (χ0) is 18.3. The first-order valence-electron chi connectivity index (χ1n) is 8.03. The van der Waals surface area contributed by atoms with Crippen molar-refractivity contribution in [2.75, 3.05) is 31.5 Å². The lowest BCUT2D eigenvalue weighted by atomic mass is 10.1. The Morgan fingerprint density at radius 1 is 1.08 bits per heavy atom. The zero-order valence-corrected chi connectivity index (χ0v) is 15.4. The fraction of sp³-hybridized carbons (Fsp3) is 0.211. The van der Waals surface area contributed by atoms with Crippen molar-refractivity contribution >= 4 is 35.1 Å². The number of hydrogen-bond acceptors (Lipinski definition) is 6. The van der Waals surface area contributed by atoms with E-state index in [1.54, 1.807) is 26.2 Å². The Labute approximate surface area is 155 Å². The van der Waals surface area contributed by atoms with Gasteiger partial charge in [0.2, 0.25) is 5.75 Å². The van der Waals surface area contributed by atoms with Gasteiger partial charge in [0, 0.05) is 0 Å². The minimum atomic E-state index is -0.117. The monoisotopic (exact) mass is 370 g/mol. The van der Waals surface area contributed by atoms with Gasteiger partial charge in [-0.05, 0) is 35.9 Å². The lowest BCUT2D eigenvalue weighted by molar-refractivity contribution is -0.114. The van der Waals surface area contributed by atoms with E-state index in [4.69, 9.17) is 14.2 Å². The number of carbonyl (C=O) groups is 1. The SMILES string of the molecule is COc1cc(C=C2SC3Nc4ccccc4N3C2=O)cc(OC)c1OC. The molecule has 0 aliphatic carbocycles. The molecule has 134 valence electrons. The molecule has 6 nitrogen and oxygen atoms in total. The third-order valence-electron chi connectivity index (χ3n) is 4.33. The Morgan fingerprint density at radius 2 is 1.77 bits per heavy atom. The van der Waals surface area contributed by atoms with Gasteiger partial charge in [-0.1, -0.05) is 23.9 Å². The molecule has 1 fully saturated rings. The van der Waals surface area contributed by atoms with Gasteiger partial charge in [0.25, 0.3) is 5.91 Å². The fourth-order valence-corrected chi connectivity index (χ4v) is 4.29. The molecule has 1 amide bonds. The summed E-state index contributed by atoms with van der Waals surface area (Å²) < 4.78 is 16.1. The van der Waals surface area contributed by atoms with E-state index in [1.165, 1.54) is 11.8 Å². The number of benzene rings is 2. The highest BCUT2D eigenvalue weighted by Crippen LogP contribution is 2.47. The second-order valence-electron chi connectivity index (χ2n) is 5.77. The third kappa shape index (κ3) is 2.55. The van der Waals surface area contributed by atoms with Crippen molar-refractivity contribution < 1.29 is 19.0 Å². The number of nitrogens with one attached hydrogen (secondary N) is 1. The van der Waals surface area contributed by atoms with Gasteiger partial charge in [-0.15, -0.1) is 0 Å². The second-order valence-corrected chi connectivity index (χ2v) is 6.90. The average Bonchev–Trinajstić information content (AvgIpc) is 3.17. The highest BCUT2D eigenvalue weighted by molar-refractivity contribution is 8.05. The van der Waals surface area contributed by atoms with Crippen LogP contribution in [-0.2, 0) is 4.79 Å². The minimum absolute atomic E-state index is 0.0220. The van der Waals surface area contributed by atoms with E-state index < -0.39 is 0 Å². The van der Waals surface area contributed by atoms with Crippen LogP contribution in [0, 0.1) is 0 Å². The van der Waals surface area contributed by atoms with Crippen LogP contribution in [-0.4, -0.2) is 32.7 Å². The third-order valence-corrected chi connectivity index (χ3v) is 5.43. The van der Waals surface area contributed by atoms with Gasteiger partial charge in [-0.3, -0.25) is 9.69 Å². The molecular formula is C19H18N2O4S. The Kier molecular flexibility index (Phi) is 4.16. The number of amides is 1. The van der Waals surface area contributed by atoms with Crippen molar-refractivity contribution in [2.24, 2.45) is 0 Å². The number of thioether (sulfide) groups is 1.